The Hall–Kier alpha value is -1.39. The van der Waals surface area contributed by atoms with Crippen molar-refractivity contribution in [1.29, 1.82) is 0 Å². The van der Waals surface area contributed by atoms with Gasteiger partial charge in [0.1, 0.15) is 12.6 Å². The smallest absolute Gasteiger partial charge is 0.242 e. The summed E-state index contributed by atoms with van der Waals surface area (Å²) in [6.45, 7) is 3.08. The largest absolute Gasteiger partial charge is 0.386 e. The summed E-state index contributed by atoms with van der Waals surface area (Å²) in [6, 6.07) is 10.4. The first-order valence-corrected chi connectivity index (χ1v) is 9.45. The van der Waals surface area contributed by atoms with E-state index >= 15 is 0 Å². The number of benzene rings is 1. The van der Waals surface area contributed by atoms with E-state index in [1.54, 1.807) is 11.3 Å². The monoisotopic (exact) mass is 488 g/mol. The van der Waals surface area contributed by atoms with Crippen LogP contribution in [-0.2, 0) is 4.79 Å². The minimum absolute atomic E-state index is 0. The van der Waals surface area contributed by atoms with Crippen molar-refractivity contribution in [3.05, 3.63) is 35.2 Å². The third-order valence-electron chi connectivity index (χ3n) is 3.90. The van der Waals surface area contributed by atoms with Gasteiger partial charge >= 0.3 is 0 Å². The van der Waals surface area contributed by atoms with Crippen LogP contribution in [0.15, 0.2) is 35.3 Å². The van der Waals surface area contributed by atoms with Crippen LogP contribution in [0.25, 0.3) is 10.1 Å². The molecule has 1 unspecified atom stereocenters. The minimum atomic E-state index is -0.624. The van der Waals surface area contributed by atoms with E-state index in [9.17, 15) is 9.90 Å². The van der Waals surface area contributed by atoms with Gasteiger partial charge in [0.25, 0.3) is 0 Å². The van der Waals surface area contributed by atoms with Crippen molar-refractivity contribution in [2.24, 2.45) is 4.99 Å². The Morgan fingerprint density at radius 1 is 1.35 bits per heavy atom. The standard InChI is InChI=1S/C18H24N4O2S.HI/c1-2-19-18(21-11-17(24)22-13-7-8-13)20-10-14(23)16-9-12-5-3-4-6-15(12)25-16;/h3-6,9,13-14,23H,2,7-8,10-11H2,1H3,(H,22,24)(H2,19,20,21);1H. The number of hydrogen-bond acceptors (Lipinski definition) is 4. The van der Waals surface area contributed by atoms with Crippen molar-refractivity contribution in [1.82, 2.24) is 16.0 Å². The molecule has 26 heavy (non-hydrogen) atoms. The predicted octanol–water partition coefficient (Wildman–Crippen LogP) is 2.39. The van der Waals surface area contributed by atoms with Gasteiger partial charge in [0, 0.05) is 28.7 Å². The summed E-state index contributed by atoms with van der Waals surface area (Å²) in [5.41, 5.74) is 0. The molecule has 0 radical (unpaired) electrons. The van der Waals surface area contributed by atoms with E-state index in [2.05, 4.69) is 20.9 Å². The molecular formula is C18H25IN4O2S. The molecule has 4 N–H and O–H groups in total. The lowest BCUT2D eigenvalue weighted by Gasteiger charge is -2.14. The summed E-state index contributed by atoms with van der Waals surface area (Å²) in [5.74, 6) is 0.471. The summed E-state index contributed by atoms with van der Waals surface area (Å²) in [4.78, 5) is 16.9. The zero-order chi connectivity index (χ0) is 17.6. The summed E-state index contributed by atoms with van der Waals surface area (Å²) < 4.78 is 1.16. The molecule has 6 nitrogen and oxygen atoms in total. The number of carbonyl (C=O) groups excluding carboxylic acids is 1. The molecule has 8 heteroatoms. The fraction of sp³-hybridized carbons (Fsp3) is 0.444. The fourth-order valence-corrected chi connectivity index (χ4v) is 3.50. The number of rotatable bonds is 7. The number of amides is 1. The quantitative estimate of drug-likeness (QED) is 0.274. The number of aliphatic hydroxyl groups excluding tert-OH is 1. The van der Waals surface area contributed by atoms with E-state index in [-0.39, 0.29) is 36.4 Å². The zero-order valence-electron chi connectivity index (χ0n) is 14.7. The number of thiophene rings is 1. The topological polar surface area (TPSA) is 85.8 Å². The number of fused-ring (bicyclic) bond motifs is 1. The van der Waals surface area contributed by atoms with Crippen LogP contribution in [0.2, 0.25) is 0 Å². The van der Waals surface area contributed by atoms with Gasteiger partial charge in [0.15, 0.2) is 5.96 Å². The summed E-state index contributed by atoms with van der Waals surface area (Å²) in [6.07, 6.45) is 1.51. The molecule has 1 aliphatic rings. The highest BCUT2D eigenvalue weighted by molar-refractivity contribution is 14.0. The van der Waals surface area contributed by atoms with Crippen molar-refractivity contribution in [3.63, 3.8) is 0 Å². The highest BCUT2D eigenvalue weighted by Crippen LogP contribution is 2.29. The molecule has 1 aromatic heterocycles. The van der Waals surface area contributed by atoms with Gasteiger partial charge in [-0.25, -0.2) is 4.99 Å². The zero-order valence-corrected chi connectivity index (χ0v) is 17.8. The molecule has 0 aliphatic heterocycles. The van der Waals surface area contributed by atoms with Gasteiger partial charge in [-0.3, -0.25) is 4.79 Å². The van der Waals surface area contributed by atoms with Crippen LogP contribution in [0, 0.1) is 0 Å². The molecule has 1 heterocycles. The van der Waals surface area contributed by atoms with Crippen LogP contribution < -0.4 is 16.0 Å². The molecule has 1 aliphatic carbocycles. The van der Waals surface area contributed by atoms with Gasteiger partial charge in [-0.15, -0.1) is 35.3 Å². The highest BCUT2D eigenvalue weighted by Gasteiger charge is 2.22. The molecule has 0 saturated heterocycles. The van der Waals surface area contributed by atoms with Gasteiger partial charge in [-0.1, -0.05) is 18.2 Å². The average molecular weight is 488 g/mol. The Bertz CT molecular complexity index is 727. The lowest BCUT2D eigenvalue weighted by molar-refractivity contribution is -0.119. The number of hydrogen-bond donors (Lipinski definition) is 4. The van der Waals surface area contributed by atoms with E-state index < -0.39 is 6.10 Å². The molecule has 142 valence electrons. The van der Waals surface area contributed by atoms with Crippen LogP contribution in [0.4, 0.5) is 0 Å². The Morgan fingerprint density at radius 2 is 2.12 bits per heavy atom. The lowest BCUT2D eigenvalue weighted by atomic mass is 10.2. The van der Waals surface area contributed by atoms with Gasteiger partial charge < -0.3 is 21.1 Å². The molecule has 1 saturated carbocycles. The third-order valence-corrected chi connectivity index (χ3v) is 5.12. The second kappa shape index (κ2) is 10.1. The molecule has 1 fully saturated rings. The molecule has 1 atom stereocenters. The average Bonchev–Trinajstić information content (AvgIpc) is 3.31. The first-order chi connectivity index (χ1) is 12.2. The second-order valence-corrected chi connectivity index (χ2v) is 7.24. The maximum absolute atomic E-state index is 11.7. The normalized spacial score (nSPS) is 15.2. The first-order valence-electron chi connectivity index (χ1n) is 8.63. The van der Waals surface area contributed by atoms with Crippen molar-refractivity contribution in [2.45, 2.75) is 31.9 Å². The summed E-state index contributed by atoms with van der Waals surface area (Å²) in [5, 5.41) is 20.7. The van der Waals surface area contributed by atoms with Crippen molar-refractivity contribution in [3.8, 4) is 0 Å². The Morgan fingerprint density at radius 3 is 2.81 bits per heavy atom. The maximum atomic E-state index is 11.7. The maximum Gasteiger partial charge on any atom is 0.242 e. The molecule has 3 rings (SSSR count). The summed E-state index contributed by atoms with van der Waals surface area (Å²) in [7, 11) is 0. The van der Waals surface area contributed by atoms with Crippen molar-refractivity contribution >= 4 is 57.3 Å². The van der Waals surface area contributed by atoms with Crippen LogP contribution >= 0.6 is 35.3 Å². The SMILES string of the molecule is CCNC(=NCC(=O)NC1CC1)NCC(O)c1cc2ccccc2s1.I. The summed E-state index contributed by atoms with van der Waals surface area (Å²) >= 11 is 1.59. The van der Waals surface area contributed by atoms with Gasteiger partial charge in [-0.2, -0.15) is 0 Å². The molecular weight excluding hydrogens is 463 g/mol. The van der Waals surface area contributed by atoms with Crippen LogP contribution in [0.3, 0.4) is 0 Å². The fourth-order valence-electron chi connectivity index (χ4n) is 2.45. The highest BCUT2D eigenvalue weighted by atomic mass is 127. The Balaban J connectivity index is 0.00000243. The van der Waals surface area contributed by atoms with Gasteiger partial charge in [0.2, 0.25) is 5.91 Å². The van der Waals surface area contributed by atoms with E-state index in [0.29, 0.717) is 25.1 Å². The number of nitrogens with one attached hydrogen (secondary N) is 3. The second-order valence-electron chi connectivity index (χ2n) is 6.12. The van der Waals surface area contributed by atoms with Gasteiger partial charge in [0.05, 0.1) is 0 Å². The minimum Gasteiger partial charge on any atom is -0.386 e. The first kappa shape index (κ1) is 20.9. The number of nitrogens with zero attached hydrogens (tertiary/aromatic N) is 1. The lowest BCUT2D eigenvalue weighted by Crippen LogP contribution is -2.40. The van der Waals surface area contributed by atoms with E-state index in [4.69, 9.17) is 0 Å². The number of carbonyl (C=O) groups is 1. The van der Waals surface area contributed by atoms with Gasteiger partial charge in [-0.05, 0) is 37.3 Å². The van der Waals surface area contributed by atoms with Crippen molar-refractivity contribution < 1.29 is 9.90 Å². The molecule has 0 bridgehead atoms. The van der Waals surface area contributed by atoms with Crippen molar-refractivity contribution in [2.75, 3.05) is 19.6 Å². The van der Waals surface area contributed by atoms with Crippen LogP contribution in [0.5, 0.6) is 0 Å². The number of halogens is 1. The van der Waals surface area contributed by atoms with Crippen LogP contribution in [0.1, 0.15) is 30.7 Å². The predicted molar refractivity (Wildman–Crippen MR) is 117 cm³/mol. The Labute approximate surface area is 174 Å². The van der Waals surface area contributed by atoms with E-state index in [0.717, 1.165) is 27.8 Å². The molecule has 0 spiro atoms. The van der Waals surface area contributed by atoms with E-state index in [1.165, 1.54) is 0 Å². The van der Waals surface area contributed by atoms with Crippen LogP contribution in [-0.4, -0.2) is 42.6 Å². The third kappa shape index (κ3) is 6.10. The Kier molecular flexibility index (Phi) is 8.11. The molecule has 2 aromatic rings. The van der Waals surface area contributed by atoms with E-state index in [1.807, 2.05) is 37.3 Å². The number of aliphatic hydroxyl groups is 1. The molecule has 1 aromatic carbocycles. The number of guanidine groups is 1. The number of aliphatic imine (C=N–C) groups is 1. The molecule has 1 amide bonds.